The van der Waals surface area contributed by atoms with Gasteiger partial charge in [-0.25, -0.2) is 8.78 Å². The summed E-state index contributed by atoms with van der Waals surface area (Å²) in [4.78, 5) is 13.1. The van der Waals surface area contributed by atoms with Gasteiger partial charge in [-0.1, -0.05) is 50.2 Å². The molecular weight excluding hydrogens is 486 g/mol. The van der Waals surface area contributed by atoms with E-state index in [-0.39, 0.29) is 18.9 Å². The molecule has 38 heavy (non-hydrogen) atoms. The van der Waals surface area contributed by atoms with Gasteiger partial charge in [-0.3, -0.25) is 9.48 Å². The smallest absolute Gasteiger partial charge is 0.230 e. The van der Waals surface area contributed by atoms with E-state index in [1.807, 2.05) is 36.4 Å². The number of nitrogens with one attached hydrogen (secondary N) is 1. The van der Waals surface area contributed by atoms with Gasteiger partial charge in [0.1, 0.15) is 11.8 Å². The van der Waals surface area contributed by atoms with Gasteiger partial charge in [0.15, 0.2) is 17.5 Å². The standard InChI is InChI=1S/C30H28F2N4O2/c1-19(2)13-23-24(17-33)30(21-7-5-4-6-8-21)22(15-27(23)38-3)16-29(37)34-28-11-12-36(35-28)18-20-9-10-25(31)26(32)14-20/h4-12,14-15,19H,13,16,18H2,1-3H3,(H,34,35,37). The highest BCUT2D eigenvalue weighted by Crippen LogP contribution is 2.37. The molecule has 1 heterocycles. The van der Waals surface area contributed by atoms with E-state index in [1.54, 1.807) is 19.4 Å². The summed E-state index contributed by atoms with van der Waals surface area (Å²) in [5.41, 5.74) is 4.08. The number of hydrogen-bond donors (Lipinski definition) is 1. The van der Waals surface area contributed by atoms with E-state index in [4.69, 9.17) is 4.74 Å². The van der Waals surface area contributed by atoms with E-state index in [1.165, 1.54) is 10.7 Å². The molecule has 194 valence electrons. The van der Waals surface area contributed by atoms with Crippen molar-refractivity contribution in [2.24, 2.45) is 5.92 Å². The third-order valence-electron chi connectivity index (χ3n) is 6.07. The van der Waals surface area contributed by atoms with Crippen molar-refractivity contribution in [3.63, 3.8) is 0 Å². The number of nitriles is 1. The number of nitrogens with zero attached hydrogens (tertiary/aromatic N) is 3. The van der Waals surface area contributed by atoms with Gasteiger partial charge in [-0.05, 0) is 47.2 Å². The molecule has 0 atom stereocenters. The number of carbonyl (C=O) groups is 1. The van der Waals surface area contributed by atoms with Crippen molar-refractivity contribution in [2.75, 3.05) is 12.4 Å². The van der Waals surface area contributed by atoms with Crippen LogP contribution in [0.3, 0.4) is 0 Å². The number of hydrogen-bond acceptors (Lipinski definition) is 4. The molecular formula is C30H28F2N4O2. The van der Waals surface area contributed by atoms with Gasteiger partial charge in [0.05, 0.1) is 25.6 Å². The minimum absolute atomic E-state index is 0.00669. The van der Waals surface area contributed by atoms with Crippen LogP contribution in [-0.4, -0.2) is 22.8 Å². The monoisotopic (exact) mass is 514 g/mol. The summed E-state index contributed by atoms with van der Waals surface area (Å²) in [7, 11) is 1.56. The van der Waals surface area contributed by atoms with Gasteiger partial charge in [-0.15, -0.1) is 0 Å². The highest BCUT2D eigenvalue weighted by atomic mass is 19.2. The van der Waals surface area contributed by atoms with Gasteiger partial charge in [0, 0.05) is 23.4 Å². The highest BCUT2D eigenvalue weighted by molar-refractivity contribution is 5.93. The van der Waals surface area contributed by atoms with Crippen LogP contribution in [0.15, 0.2) is 66.9 Å². The molecule has 0 aliphatic carbocycles. The Balaban J connectivity index is 1.61. The van der Waals surface area contributed by atoms with Crippen LogP contribution in [0.1, 0.15) is 36.1 Å². The first-order valence-corrected chi connectivity index (χ1v) is 12.2. The van der Waals surface area contributed by atoms with E-state index in [2.05, 4.69) is 30.3 Å². The zero-order valence-electron chi connectivity index (χ0n) is 21.5. The molecule has 0 saturated carbocycles. The second-order valence-electron chi connectivity index (χ2n) is 9.41. The second kappa shape index (κ2) is 11.7. The molecule has 0 fully saturated rings. The summed E-state index contributed by atoms with van der Waals surface area (Å²) in [5.74, 6) is -0.955. The maximum atomic E-state index is 13.5. The van der Waals surface area contributed by atoms with Crippen molar-refractivity contribution in [2.45, 2.75) is 33.2 Å². The number of ether oxygens (including phenoxy) is 1. The molecule has 3 aromatic carbocycles. The van der Waals surface area contributed by atoms with E-state index in [9.17, 15) is 18.8 Å². The van der Waals surface area contributed by atoms with E-state index < -0.39 is 11.6 Å². The van der Waals surface area contributed by atoms with Crippen LogP contribution >= 0.6 is 0 Å². The number of amides is 1. The van der Waals surface area contributed by atoms with Crippen molar-refractivity contribution >= 4 is 11.7 Å². The zero-order chi connectivity index (χ0) is 27.2. The van der Waals surface area contributed by atoms with Gasteiger partial charge < -0.3 is 10.1 Å². The van der Waals surface area contributed by atoms with Crippen LogP contribution in [0.25, 0.3) is 11.1 Å². The molecule has 1 N–H and O–H groups in total. The molecule has 0 unspecified atom stereocenters. The Morgan fingerprint density at radius 2 is 1.87 bits per heavy atom. The summed E-state index contributed by atoms with van der Waals surface area (Å²) < 4.78 is 33.9. The van der Waals surface area contributed by atoms with Crippen molar-refractivity contribution in [1.82, 2.24) is 9.78 Å². The summed E-state index contributed by atoms with van der Waals surface area (Å²) in [6, 6.07) is 19.0. The summed E-state index contributed by atoms with van der Waals surface area (Å²) in [5, 5.41) is 17.3. The predicted molar refractivity (Wildman–Crippen MR) is 142 cm³/mol. The van der Waals surface area contributed by atoms with Crippen molar-refractivity contribution in [3.8, 4) is 22.9 Å². The number of carbonyl (C=O) groups excluding carboxylic acids is 1. The molecule has 0 aliphatic rings. The lowest BCUT2D eigenvalue weighted by molar-refractivity contribution is -0.115. The fraction of sp³-hybridized carbons (Fsp3) is 0.233. The molecule has 4 rings (SSSR count). The quantitative estimate of drug-likeness (QED) is 0.291. The predicted octanol–water partition coefficient (Wildman–Crippen LogP) is 6.14. The van der Waals surface area contributed by atoms with Crippen LogP contribution in [0.5, 0.6) is 5.75 Å². The van der Waals surface area contributed by atoms with Gasteiger partial charge in [0.25, 0.3) is 0 Å². The summed E-state index contributed by atoms with van der Waals surface area (Å²) in [6.45, 7) is 4.37. The molecule has 0 aliphatic heterocycles. The maximum absolute atomic E-state index is 13.5. The highest BCUT2D eigenvalue weighted by Gasteiger charge is 2.22. The largest absolute Gasteiger partial charge is 0.496 e. The lowest BCUT2D eigenvalue weighted by Crippen LogP contribution is -2.17. The van der Waals surface area contributed by atoms with Crippen LogP contribution in [0.4, 0.5) is 14.6 Å². The zero-order valence-corrected chi connectivity index (χ0v) is 21.5. The Morgan fingerprint density at radius 1 is 1.11 bits per heavy atom. The van der Waals surface area contributed by atoms with Crippen molar-refractivity contribution < 1.29 is 18.3 Å². The van der Waals surface area contributed by atoms with Gasteiger partial charge in [0.2, 0.25) is 5.91 Å². The Hall–Kier alpha value is -4.51. The van der Waals surface area contributed by atoms with E-state index in [0.29, 0.717) is 46.2 Å². The Bertz CT molecular complexity index is 1490. The number of rotatable bonds is 9. The fourth-order valence-corrected chi connectivity index (χ4v) is 4.44. The third-order valence-corrected chi connectivity index (χ3v) is 6.07. The van der Waals surface area contributed by atoms with Crippen LogP contribution in [-0.2, 0) is 24.2 Å². The molecule has 1 aromatic heterocycles. The lowest BCUT2D eigenvalue weighted by Gasteiger charge is -2.19. The SMILES string of the molecule is COc1cc(CC(=O)Nc2ccn(Cc3ccc(F)c(F)c3)n2)c(-c2ccccc2)c(C#N)c1CC(C)C. The molecule has 6 nitrogen and oxygen atoms in total. The topological polar surface area (TPSA) is 79.9 Å². The summed E-state index contributed by atoms with van der Waals surface area (Å²) in [6.07, 6.45) is 2.30. The summed E-state index contributed by atoms with van der Waals surface area (Å²) >= 11 is 0. The molecule has 1 amide bonds. The number of halogens is 2. The first-order chi connectivity index (χ1) is 18.3. The first kappa shape index (κ1) is 26.6. The number of aromatic nitrogens is 2. The Labute approximate surface area is 220 Å². The van der Waals surface area contributed by atoms with Crippen molar-refractivity contribution in [1.29, 1.82) is 5.26 Å². The van der Waals surface area contributed by atoms with Gasteiger partial charge in [-0.2, -0.15) is 10.4 Å². The first-order valence-electron chi connectivity index (χ1n) is 12.2. The van der Waals surface area contributed by atoms with Crippen LogP contribution in [0, 0.1) is 28.9 Å². The minimum Gasteiger partial charge on any atom is -0.496 e. The van der Waals surface area contributed by atoms with Crippen molar-refractivity contribution in [3.05, 3.63) is 101 Å². The van der Waals surface area contributed by atoms with E-state index in [0.717, 1.165) is 23.3 Å². The molecule has 0 bridgehead atoms. The molecule has 0 radical (unpaired) electrons. The Morgan fingerprint density at radius 3 is 2.53 bits per heavy atom. The molecule has 8 heteroatoms. The second-order valence-corrected chi connectivity index (χ2v) is 9.41. The van der Waals surface area contributed by atoms with E-state index >= 15 is 0 Å². The average molecular weight is 515 g/mol. The van der Waals surface area contributed by atoms with Gasteiger partial charge >= 0.3 is 0 Å². The molecule has 0 saturated heterocycles. The number of anilines is 1. The lowest BCUT2D eigenvalue weighted by atomic mass is 9.86. The maximum Gasteiger partial charge on any atom is 0.230 e. The number of methoxy groups -OCH3 is 1. The fourth-order valence-electron chi connectivity index (χ4n) is 4.44. The minimum atomic E-state index is -0.927. The van der Waals surface area contributed by atoms with Crippen LogP contribution in [0.2, 0.25) is 0 Å². The molecule has 0 spiro atoms. The molecule has 4 aromatic rings. The number of benzene rings is 3. The Kier molecular flexibility index (Phi) is 8.17. The average Bonchev–Trinajstić information content (AvgIpc) is 3.33. The van der Waals surface area contributed by atoms with Crippen LogP contribution < -0.4 is 10.1 Å². The third kappa shape index (κ3) is 6.06. The normalized spacial score (nSPS) is 10.9.